The molecule has 0 saturated heterocycles. The van der Waals surface area contributed by atoms with E-state index >= 15 is 0 Å². The second-order valence-electron chi connectivity index (χ2n) is 17.9. The second-order valence-corrected chi connectivity index (χ2v) is 23.7. The number of hydrogen-bond donors (Lipinski definition) is 0. The van der Waals surface area contributed by atoms with Crippen molar-refractivity contribution < 1.29 is 72.4 Å². The van der Waals surface area contributed by atoms with Crippen molar-refractivity contribution in [1.82, 2.24) is 0 Å². The van der Waals surface area contributed by atoms with Crippen LogP contribution < -0.4 is 28.1 Å². The fourth-order valence-electron chi connectivity index (χ4n) is 7.87. The number of benzene rings is 4. The molecule has 2 aliphatic rings. The zero-order chi connectivity index (χ0) is 39.8. The van der Waals surface area contributed by atoms with E-state index in [2.05, 4.69) is 112 Å². The van der Waals surface area contributed by atoms with Crippen LogP contribution in [0.1, 0.15) is 120 Å². The van der Waals surface area contributed by atoms with Gasteiger partial charge in [0.25, 0.3) is 0 Å². The van der Waals surface area contributed by atoms with Crippen molar-refractivity contribution in [2.45, 2.75) is 105 Å². The van der Waals surface area contributed by atoms with E-state index in [-0.39, 0.29) is 47.0 Å². The molecule has 0 N–H and O–H groups in total. The normalized spacial score (nSPS) is 15.4. The Kier molecular flexibility index (Phi) is 13.2. The molecular weight excluding hydrogens is 841 g/mol. The fraction of sp³-hybridized carbons (Fsp3) is 0.383. The van der Waals surface area contributed by atoms with Crippen molar-refractivity contribution in [3.05, 3.63) is 144 Å². The molecule has 0 nitrogen and oxygen atoms in total. The van der Waals surface area contributed by atoms with Gasteiger partial charge in [0.15, 0.2) is 0 Å². The Bertz CT molecular complexity index is 2120. The summed E-state index contributed by atoms with van der Waals surface area (Å²) in [5.74, 6) is 0.0902. The van der Waals surface area contributed by atoms with Gasteiger partial charge in [-0.2, -0.15) is 0 Å². The molecule has 0 bridgehead atoms. The first kappa shape index (κ1) is 46.0. The minimum atomic E-state index is -4.53. The van der Waals surface area contributed by atoms with E-state index in [1.54, 1.807) is 0 Å². The molecule has 0 spiro atoms. The largest absolute Gasteiger partial charge is 1.00 e. The quantitative estimate of drug-likeness (QED) is 0.163. The van der Waals surface area contributed by atoms with Crippen molar-refractivity contribution in [1.29, 1.82) is 0 Å². The Morgan fingerprint density at radius 1 is 0.607 bits per heavy atom. The summed E-state index contributed by atoms with van der Waals surface area (Å²) < 4.78 is 87.3. The molecule has 56 heavy (non-hydrogen) atoms. The summed E-state index contributed by atoms with van der Waals surface area (Å²) in [4.78, 5) is 0. The van der Waals surface area contributed by atoms with Crippen molar-refractivity contribution in [2.75, 3.05) is 0 Å². The van der Waals surface area contributed by atoms with Crippen LogP contribution in [0, 0.1) is 11.3 Å². The Morgan fingerprint density at radius 2 is 1.09 bits per heavy atom. The Labute approximate surface area is 348 Å². The van der Waals surface area contributed by atoms with E-state index < -0.39 is 44.7 Å². The van der Waals surface area contributed by atoms with Crippen molar-refractivity contribution in [3.63, 3.8) is 0 Å². The molecule has 4 aromatic carbocycles. The number of allylic oxidation sites excluding steroid dienone is 4. The Morgan fingerprint density at radius 3 is 1.52 bits per heavy atom. The van der Waals surface area contributed by atoms with Crippen molar-refractivity contribution in [3.8, 4) is 11.1 Å². The number of halogens is 8. The molecule has 0 heterocycles. The van der Waals surface area contributed by atoms with Gasteiger partial charge in [-0.3, -0.25) is 0 Å². The molecule has 0 aromatic heterocycles. The number of rotatable bonds is 5. The zero-order valence-electron chi connectivity index (χ0n) is 33.7. The van der Waals surface area contributed by atoms with Crippen LogP contribution >= 0.6 is 0 Å². The van der Waals surface area contributed by atoms with Gasteiger partial charge in [-0.1, -0.05) is 0 Å². The van der Waals surface area contributed by atoms with Gasteiger partial charge in [0.05, 0.1) is 0 Å². The minimum absolute atomic E-state index is 0. The first-order valence-corrected chi connectivity index (χ1v) is 22.4. The smallest absolute Gasteiger partial charge is 1.00 e. The fourth-order valence-corrected chi connectivity index (χ4v) is 17.6. The molecule has 0 radical (unpaired) electrons. The maximum Gasteiger partial charge on any atom is -1.00 e. The molecule has 4 aromatic rings. The molecule has 6 rings (SSSR count). The van der Waals surface area contributed by atoms with Gasteiger partial charge >= 0.3 is 326 Å². The van der Waals surface area contributed by atoms with Gasteiger partial charge in [0.1, 0.15) is 0 Å². The Hall–Kier alpha value is -2.73. The summed E-state index contributed by atoms with van der Waals surface area (Å²) in [6, 6.07) is 21.8. The van der Waals surface area contributed by atoms with E-state index in [1.165, 1.54) is 69.8 Å². The van der Waals surface area contributed by atoms with Gasteiger partial charge in [-0.25, -0.2) is 0 Å². The Balaban J connectivity index is 0.00000348. The molecule has 2 aliphatic carbocycles. The maximum absolute atomic E-state index is 14.0. The third kappa shape index (κ3) is 9.11. The monoisotopic (exact) mass is 888 g/mol. The maximum atomic E-state index is 14.0. The average Bonchev–Trinajstić information content (AvgIpc) is 3.67. The first-order valence-electron chi connectivity index (χ1n) is 18.7. The molecule has 0 fully saturated rings. The van der Waals surface area contributed by atoms with E-state index in [0.717, 1.165) is 40.3 Å². The molecule has 0 aliphatic heterocycles. The summed E-state index contributed by atoms with van der Waals surface area (Å²) >= 11 is -3.64. The van der Waals surface area contributed by atoms with Gasteiger partial charge in [0, 0.05) is 0 Å². The molecule has 9 heteroatoms. The third-order valence-electron chi connectivity index (χ3n) is 10.9. The van der Waals surface area contributed by atoms with Gasteiger partial charge in [-0.05, 0) is 0 Å². The SMILES string of the molecule is CCC1C=C(C(C)(C)C)C=[C]1[Zr+2](=[C](c1ccc(C(F)(F)F)cc1)c1ccc(C(F)(F)F)cc1)[c]1c(C(C)(C)C)ccc2c1Cc1cc(C(C)(C)C)ccc1-2.[Cl-].[Cl-]. The predicted octanol–water partition coefficient (Wildman–Crippen LogP) is 7.31. The number of fused-ring (bicyclic) bond motifs is 3. The van der Waals surface area contributed by atoms with E-state index in [9.17, 15) is 26.3 Å². The van der Waals surface area contributed by atoms with Gasteiger partial charge in [0.2, 0.25) is 0 Å². The molecule has 1 atom stereocenters. The summed E-state index contributed by atoms with van der Waals surface area (Å²) in [5, 5.41) is 0. The van der Waals surface area contributed by atoms with Crippen LogP contribution in [0.2, 0.25) is 0 Å². The molecule has 1 unspecified atom stereocenters. The topological polar surface area (TPSA) is 0 Å². The number of alkyl halides is 6. The second kappa shape index (κ2) is 16.1. The van der Waals surface area contributed by atoms with Crippen molar-refractivity contribution >= 4 is 6.48 Å². The van der Waals surface area contributed by atoms with Gasteiger partial charge < -0.3 is 24.8 Å². The average molecular weight is 891 g/mol. The molecule has 0 saturated carbocycles. The van der Waals surface area contributed by atoms with Crippen LogP contribution in [-0.2, 0) is 50.9 Å². The van der Waals surface area contributed by atoms with Crippen LogP contribution in [0.15, 0.2) is 99.9 Å². The van der Waals surface area contributed by atoms with E-state index in [4.69, 9.17) is 0 Å². The predicted molar refractivity (Wildman–Crippen MR) is 207 cm³/mol. The van der Waals surface area contributed by atoms with Crippen LogP contribution in [0.25, 0.3) is 11.1 Å². The summed E-state index contributed by atoms with van der Waals surface area (Å²) in [6.45, 7) is 22.0. The van der Waals surface area contributed by atoms with E-state index in [1.807, 2.05) is 0 Å². The minimum Gasteiger partial charge on any atom is -1.00 e. The molecule has 0 amide bonds. The summed E-state index contributed by atoms with van der Waals surface area (Å²) in [7, 11) is 0. The van der Waals surface area contributed by atoms with Gasteiger partial charge in [-0.15, -0.1) is 0 Å². The first-order chi connectivity index (χ1) is 24.9. The zero-order valence-corrected chi connectivity index (χ0v) is 37.6. The van der Waals surface area contributed by atoms with Crippen LogP contribution in [0.5, 0.6) is 0 Å². The van der Waals surface area contributed by atoms with Crippen LogP contribution in [0.4, 0.5) is 26.3 Å². The number of hydrogen-bond acceptors (Lipinski definition) is 0. The van der Waals surface area contributed by atoms with Crippen LogP contribution in [0.3, 0.4) is 0 Å². The summed E-state index contributed by atoms with van der Waals surface area (Å²) in [5.41, 5.74) is 7.74. The van der Waals surface area contributed by atoms with Crippen molar-refractivity contribution in [2.24, 2.45) is 11.3 Å². The van der Waals surface area contributed by atoms with Crippen LogP contribution in [-0.4, -0.2) is 3.21 Å². The molecule has 298 valence electrons. The third-order valence-corrected chi connectivity index (χ3v) is 18.9. The molecular formula is C47H50Cl2F6Zr. The summed E-state index contributed by atoms with van der Waals surface area (Å²) in [6.07, 6.45) is -2.80. The standard InChI is InChI=1S/C21H25.C15H8F6.C11H17.2ClH.Zr/c1-20(2,3)16-7-9-18-14(12-16)11-15-13-17(21(4,5)6)8-10-19(15)18;16-14(17,18)12-5-1-10(2-6-12)9-11-3-7-13(8-4-11)15(19,20)21;1-5-9-6-7-10(8-9)11(2,3)4;;;/h7-10,12H,11H2,1-6H3;1-8H;7-9H,5H2,1-4H3;2*1H;/q;;;;;+2/p-2. The van der Waals surface area contributed by atoms with E-state index in [0.29, 0.717) is 11.1 Å².